The maximum Gasteiger partial charge on any atom is 0.285 e. The van der Waals surface area contributed by atoms with E-state index in [-0.39, 0.29) is 12.1 Å². The molecule has 0 fully saturated rings. The Morgan fingerprint density at radius 3 is 2.93 bits per heavy atom. The van der Waals surface area contributed by atoms with E-state index in [0.29, 0.717) is 17.9 Å². The Kier molecular flexibility index (Phi) is 2.15. The number of hydrogen-bond acceptors (Lipinski definition) is 2. The van der Waals surface area contributed by atoms with E-state index in [1.54, 1.807) is 12.1 Å². The van der Waals surface area contributed by atoms with Gasteiger partial charge in [-0.3, -0.25) is 0 Å². The highest BCUT2D eigenvalue weighted by atomic mass is 19.3. The van der Waals surface area contributed by atoms with Crippen LogP contribution in [0.2, 0.25) is 0 Å². The van der Waals surface area contributed by atoms with Gasteiger partial charge in [-0.05, 0) is 6.07 Å². The van der Waals surface area contributed by atoms with Crippen LogP contribution in [0.3, 0.4) is 0 Å². The largest absolute Gasteiger partial charge is 0.496 e. The highest BCUT2D eigenvalue weighted by Gasteiger charge is 2.37. The number of halogens is 2. The molecule has 0 saturated heterocycles. The fourth-order valence-corrected chi connectivity index (χ4v) is 1.72. The summed E-state index contributed by atoms with van der Waals surface area (Å²) in [6.45, 7) is 0.141. The van der Waals surface area contributed by atoms with Gasteiger partial charge in [-0.15, -0.1) is 0 Å². The van der Waals surface area contributed by atoms with E-state index in [0.717, 1.165) is 0 Å². The number of fused-ring (bicyclic) bond motifs is 1. The van der Waals surface area contributed by atoms with Crippen molar-refractivity contribution in [1.82, 2.24) is 5.32 Å². The summed E-state index contributed by atoms with van der Waals surface area (Å²) in [5.41, 5.74) is 0.641. The van der Waals surface area contributed by atoms with E-state index in [1.165, 1.54) is 13.2 Å². The molecule has 0 aliphatic carbocycles. The van der Waals surface area contributed by atoms with E-state index in [1.807, 2.05) is 0 Å². The maximum absolute atomic E-state index is 13.4. The van der Waals surface area contributed by atoms with Crippen LogP contribution >= 0.6 is 0 Å². The smallest absolute Gasteiger partial charge is 0.285 e. The normalized spacial score (nSPS) is 18.8. The van der Waals surface area contributed by atoms with Crippen molar-refractivity contribution in [3.63, 3.8) is 0 Å². The molecule has 1 aromatic rings. The van der Waals surface area contributed by atoms with Crippen LogP contribution in [0.5, 0.6) is 5.75 Å². The Bertz CT molecular complexity index is 352. The van der Waals surface area contributed by atoms with E-state index < -0.39 is 5.92 Å². The van der Waals surface area contributed by atoms with Crippen molar-refractivity contribution < 1.29 is 13.5 Å². The van der Waals surface area contributed by atoms with E-state index in [4.69, 9.17) is 4.74 Å². The average molecular weight is 199 g/mol. The summed E-state index contributed by atoms with van der Waals surface area (Å²) in [6.07, 6.45) is 0. The highest BCUT2D eigenvalue weighted by molar-refractivity contribution is 5.43. The third kappa shape index (κ3) is 1.35. The Balaban J connectivity index is 2.55. The molecule has 2 rings (SSSR count). The molecule has 1 aliphatic rings. The molecule has 14 heavy (non-hydrogen) atoms. The van der Waals surface area contributed by atoms with Crippen LogP contribution in [0.15, 0.2) is 18.2 Å². The van der Waals surface area contributed by atoms with Gasteiger partial charge in [0.25, 0.3) is 5.92 Å². The third-order valence-corrected chi connectivity index (χ3v) is 2.40. The van der Waals surface area contributed by atoms with Gasteiger partial charge in [0.15, 0.2) is 0 Å². The van der Waals surface area contributed by atoms with Crippen LogP contribution in [-0.4, -0.2) is 13.7 Å². The van der Waals surface area contributed by atoms with Crippen molar-refractivity contribution in [2.45, 2.75) is 12.5 Å². The van der Waals surface area contributed by atoms with Crippen molar-refractivity contribution in [2.75, 3.05) is 13.7 Å². The zero-order chi connectivity index (χ0) is 10.2. The Labute approximate surface area is 80.9 Å². The quantitative estimate of drug-likeness (QED) is 0.745. The molecular formula is C10H11F2NO. The van der Waals surface area contributed by atoms with E-state index >= 15 is 0 Å². The molecular weight excluding hydrogens is 188 g/mol. The molecule has 0 saturated carbocycles. The van der Waals surface area contributed by atoms with Gasteiger partial charge in [0.2, 0.25) is 0 Å². The molecule has 1 aliphatic heterocycles. The lowest BCUT2D eigenvalue weighted by Crippen LogP contribution is -2.36. The summed E-state index contributed by atoms with van der Waals surface area (Å²) >= 11 is 0. The van der Waals surface area contributed by atoms with E-state index in [9.17, 15) is 8.78 Å². The Morgan fingerprint density at radius 1 is 1.43 bits per heavy atom. The first-order valence-electron chi connectivity index (χ1n) is 4.40. The lowest BCUT2D eigenvalue weighted by Gasteiger charge is -2.27. The molecule has 76 valence electrons. The van der Waals surface area contributed by atoms with Gasteiger partial charge >= 0.3 is 0 Å². The van der Waals surface area contributed by atoms with Gasteiger partial charge in [-0.2, -0.15) is 8.78 Å². The SMILES string of the molecule is COc1cccc2c1CNCC2(F)F. The van der Waals surface area contributed by atoms with Crippen LogP contribution in [0.25, 0.3) is 0 Å². The van der Waals surface area contributed by atoms with Gasteiger partial charge in [-0.25, -0.2) is 0 Å². The summed E-state index contributed by atoms with van der Waals surface area (Å²) < 4.78 is 31.8. The van der Waals surface area contributed by atoms with Crippen molar-refractivity contribution in [2.24, 2.45) is 0 Å². The molecule has 1 aromatic carbocycles. The second-order valence-corrected chi connectivity index (χ2v) is 3.29. The number of ether oxygens (including phenoxy) is 1. The Morgan fingerprint density at radius 2 is 2.21 bits per heavy atom. The summed E-state index contributed by atoms with van der Waals surface area (Å²) in [6, 6.07) is 4.75. The molecule has 0 bridgehead atoms. The third-order valence-electron chi connectivity index (χ3n) is 2.40. The molecule has 0 atom stereocenters. The molecule has 0 aromatic heterocycles. The van der Waals surface area contributed by atoms with Crippen LogP contribution in [0.1, 0.15) is 11.1 Å². The summed E-state index contributed by atoms with van der Waals surface area (Å²) in [5, 5.41) is 2.68. The second-order valence-electron chi connectivity index (χ2n) is 3.29. The number of hydrogen-bond donors (Lipinski definition) is 1. The molecule has 0 spiro atoms. The van der Waals surface area contributed by atoms with Gasteiger partial charge < -0.3 is 10.1 Å². The number of rotatable bonds is 1. The van der Waals surface area contributed by atoms with E-state index in [2.05, 4.69) is 5.32 Å². The summed E-state index contributed by atoms with van der Waals surface area (Å²) in [5.74, 6) is -2.27. The van der Waals surface area contributed by atoms with Crippen LogP contribution in [0.4, 0.5) is 8.78 Å². The summed E-state index contributed by atoms with van der Waals surface area (Å²) in [4.78, 5) is 0. The minimum atomic E-state index is -2.79. The molecule has 0 radical (unpaired) electrons. The fraction of sp³-hybridized carbons (Fsp3) is 0.400. The first kappa shape index (κ1) is 9.40. The minimum absolute atomic E-state index is 0.0793. The van der Waals surface area contributed by atoms with Crippen LogP contribution in [0, 0.1) is 0 Å². The van der Waals surface area contributed by atoms with Gasteiger partial charge in [0.05, 0.1) is 13.7 Å². The topological polar surface area (TPSA) is 21.3 Å². The number of benzene rings is 1. The predicted molar refractivity (Wildman–Crippen MR) is 48.6 cm³/mol. The molecule has 0 amide bonds. The fourth-order valence-electron chi connectivity index (χ4n) is 1.72. The second kappa shape index (κ2) is 3.20. The Hall–Kier alpha value is -1.16. The minimum Gasteiger partial charge on any atom is -0.496 e. The number of nitrogens with one attached hydrogen (secondary N) is 1. The highest BCUT2D eigenvalue weighted by Crippen LogP contribution is 2.36. The van der Waals surface area contributed by atoms with Crippen LogP contribution in [-0.2, 0) is 12.5 Å². The lowest BCUT2D eigenvalue weighted by atomic mass is 9.97. The molecule has 2 nitrogen and oxygen atoms in total. The predicted octanol–water partition coefficient (Wildman–Crippen LogP) is 1.89. The zero-order valence-corrected chi connectivity index (χ0v) is 7.81. The van der Waals surface area contributed by atoms with Gasteiger partial charge in [-0.1, -0.05) is 12.1 Å². The molecule has 4 heteroatoms. The molecule has 1 N–H and O–H groups in total. The van der Waals surface area contributed by atoms with Crippen molar-refractivity contribution in [3.8, 4) is 5.75 Å². The number of methoxy groups -OCH3 is 1. The lowest BCUT2D eigenvalue weighted by molar-refractivity contribution is -0.0112. The zero-order valence-electron chi connectivity index (χ0n) is 7.81. The summed E-state index contributed by atoms with van der Waals surface area (Å²) in [7, 11) is 1.49. The van der Waals surface area contributed by atoms with Crippen molar-refractivity contribution >= 4 is 0 Å². The number of alkyl halides is 2. The van der Waals surface area contributed by atoms with Crippen molar-refractivity contribution in [1.29, 1.82) is 0 Å². The van der Waals surface area contributed by atoms with Crippen LogP contribution < -0.4 is 10.1 Å². The molecule has 0 unspecified atom stereocenters. The first-order valence-corrected chi connectivity index (χ1v) is 4.40. The first-order chi connectivity index (χ1) is 6.65. The monoisotopic (exact) mass is 199 g/mol. The standard InChI is InChI=1S/C10H11F2NO/c1-14-9-4-2-3-8-7(9)5-13-6-10(8,11)12/h2-4,13H,5-6H2,1H3. The molecule has 1 heterocycles. The van der Waals surface area contributed by atoms with Gasteiger partial charge in [0, 0.05) is 17.7 Å². The van der Waals surface area contributed by atoms with Gasteiger partial charge in [0.1, 0.15) is 5.75 Å². The average Bonchev–Trinajstić information content (AvgIpc) is 2.17. The van der Waals surface area contributed by atoms with Crippen molar-refractivity contribution in [3.05, 3.63) is 29.3 Å². The maximum atomic E-state index is 13.4.